The van der Waals surface area contributed by atoms with Crippen molar-refractivity contribution in [2.24, 2.45) is 0 Å². The summed E-state index contributed by atoms with van der Waals surface area (Å²) in [6.07, 6.45) is 0. The molecule has 0 aliphatic carbocycles. The fourth-order valence-corrected chi connectivity index (χ4v) is 1.36. The Bertz CT molecular complexity index is 168. The van der Waals surface area contributed by atoms with Crippen LogP contribution in [-0.2, 0) is 14.3 Å². The number of methoxy groups -OCH3 is 1. The Hall–Kier alpha value is -0.650. The van der Waals surface area contributed by atoms with E-state index in [2.05, 4.69) is 4.74 Å². The van der Waals surface area contributed by atoms with Gasteiger partial charge in [0, 0.05) is 13.1 Å². The molecule has 0 amide bonds. The van der Waals surface area contributed by atoms with Crippen molar-refractivity contribution in [2.45, 2.75) is 6.04 Å². The van der Waals surface area contributed by atoms with Gasteiger partial charge in [0.2, 0.25) is 0 Å². The van der Waals surface area contributed by atoms with E-state index in [4.69, 9.17) is 9.84 Å². The van der Waals surface area contributed by atoms with Gasteiger partial charge in [0.15, 0.2) is 0 Å². The molecule has 1 fully saturated rings. The first-order valence-electron chi connectivity index (χ1n) is 4.30. The molecular formula is C8H15NO4. The molecule has 1 heterocycles. The van der Waals surface area contributed by atoms with Crippen molar-refractivity contribution in [1.82, 2.24) is 4.90 Å². The zero-order chi connectivity index (χ0) is 9.68. The van der Waals surface area contributed by atoms with Gasteiger partial charge >= 0.3 is 5.97 Å². The van der Waals surface area contributed by atoms with E-state index < -0.39 is 6.04 Å². The van der Waals surface area contributed by atoms with Gasteiger partial charge in [-0.15, -0.1) is 0 Å². The third-order valence-electron chi connectivity index (χ3n) is 2.13. The maximum Gasteiger partial charge on any atom is 0.325 e. The molecule has 1 aliphatic rings. The maximum absolute atomic E-state index is 11.2. The highest BCUT2D eigenvalue weighted by atomic mass is 16.5. The largest absolute Gasteiger partial charge is 0.468 e. The van der Waals surface area contributed by atoms with Gasteiger partial charge in [-0.05, 0) is 0 Å². The van der Waals surface area contributed by atoms with Crippen LogP contribution in [-0.4, -0.2) is 62.0 Å². The summed E-state index contributed by atoms with van der Waals surface area (Å²) in [4.78, 5) is 13.0. The van der Waals surface area contributed by atoms with E-state index >= 15 is 0 Å². The molecule has 76 valence electrons. The summed E-state index contributed by atoms with van der Waals surface area (Å²) >= 11 is 0. The van der Waals surface area contributed by atoms with Crippen LogP contribution in [0.4, 0.5) is 0 Å². The molecule has 0 saturated carbocycles. The minimum absolute atomic E-state index is 0.202. The molecule has 0 aromatic heterocycles. The van der Waals surface area contributed by atoms with Crippen LogP contribution in [0.15, 0.2) is 0 Å². The number of aliphatic hydroxyl groups is 1. The number of aliphatic hydroxyl groups excluding tert-OH is 1. The molecule has 1 rings (SSSR count). The first-order valence-corrected chi connectivity index (χ1v) is 4.30. The summed E-state index contributed by atoms with van der Waals surface area (Å²) in [5, 5.41) is 9.00. The van der Waals surface area contributed by atoms with E-state index in [1.165, 1.54) is 7.11 Å². The molecule has 1 unspecified atom stereocenters. The standard InChI is InChI=1S/C8H15NO4/c1-12-8(11)7(6-10)9-2-4-13-5-3-9/h7,10H,2-6H2,1H3. The number of morpholine rings is 1. The number of rotatable bonds is 3. The van der Waals surface area contributed by atoms with Crippen molar-refractivity contribution in [3.05, 3.63) is 0 Å². The van der Waals surface area contributed by atoms with Gasteiger partial charge in [0.05, 0.1) is 26.9 Å². The first-order chi connectivity index (χ1) is 6.29. The average molecular weight is 189 g/mol. The van der Waals surface area contributed by atoms with Crippen molar-refractivity contribution in [3.8, 4) is 0 Å². The van der Waals surface area contributed by atoms with Gasteiger partial charge in [-0.2, -0.15) is 0 Å². The highest BCUT2D eigenvalue weighted by Crippen LogP contribution is 2.04. The van der Waals surface area contributed by atoms with E-state index in [9.17, 15) is 4.79 Å². The van der Waals surface area contributed by atoms with E-state index in [1.54, 1.807) is 0 Å². The number of esters is 1. The van der Waals surface area contributed by atoms with Crippen LogP contribution in [0.2, 0.25) is 0 Å². The average Bonchev–Trinajstić information content (AvgIpc) is 2.20. The van der Waals surface area contributed by atoms with Crippen molar-refractivity contribution in [2.75, 3.05) is 40.0 Å². The number of hydrogen-bond acceptors (Lipinski definition) is 5. The minimum Gasteiger partial charge on any atom is -0.468 e. The van der Waals surface area contributed by atoms with E-state index in [0.29, 0.717) is 26.3 Å². The summed E-state index contributed by atoms with van der Waals surface area (Å²) < 4.78 is 9.71. The van der Waals surface area contributed by atoms with Gasteiger partial charge in [0.1, 0.15) is 6.04 Å². The lowest BCUT2D eigenvalue weighted by atomic mass is 10.2. The van der Waals surface area contributed by atoms with Crippen molar-refractivity contribution < 1.29 is 19.4 Å². The summed E-state index contributed by atoms with van der Waals surface area (Å²) in [6.45, 7) is 2.34. The predicted octanol–water partition coefficient (Wildman–Crippen LogP) is -1.15. The van der Waals surface area contributed by atoms with Crippen LogP contribution in [0.5, 0.6) is 0 Å². The number of carbonyl (C=O) groups is 1. The van der Waals surface area contributed by atoms with E-state index in [0.717, 1.165) is 0 Å². The lowest BCUT2D eigenvalue weighted by molar-refractivity contribution is -0.150. The monoisotopic (exact) mass is 189 g/mol. The van der Waals surface area contributed by atoms with E-state index in [-0.39, 0.29) is 12.6 Å². The SMILES string of the molecule is COC(=O)C(CO)N1CCOCC1. The van der Waals surface area contributed by atoms with Gasteiger partial charge in [0.25, 0.3) is 0 Å². The summed E-state index contributed by atoms with van der Waals surface area (Å²) in [7, 11) is 1.32. The van der Waals surface area contributed by atoms with Crippen molar-refractivity contribution in [1.29, 1.82) is 0 Å². The highest BCUT2D eigenvalue weighted by Gasteiger charge is 2.27. The molecule has 13 heavy (non-hydrogen) atoms. The topological polar surface area (TPSA) is 59.0 Å². The second-order valence-corrected chi connectivity index (χ2v) is 2.87. The van der Waals surface area contributed by atoms with Crippen LogP contribution in [0.25, 0.3) is 0 Å². The van der Waals surface area contributed by atoms with Gasteiger partial charge in [-0.1, -0.05) is 0 Å². The quantitative estimate of drug-likeness (QED) is 0.568. The van der Waals surface area contributed by atoms with Gasteiger partial charge in [-0.3, -0.25) is 9.69 Å². The third kappa shape index (κ3) is 2.65. The molecular weight excluding hydrogens is 174 g/mol. The Morgan fingerprint density at radius 3 is 2.69 bits per heavy atom. The van der Waals surface area contributed by atoms with Crippen LogP contribution in [0.3, 0.4) is 0 Å². The van der Waals surface area contributed by atoms with Crippen LogP contribution >= 0.6 is 0 Å². The Morgan fingerprint density at radius 1 is 1.62 bits per heavy atom. The second-order valence-electron chi connectivity index (χ2n) is 2.87. The number of hydrogen-bond donors (Lipinski definition) is 1. The molecule has 0 aromatic carbocycles. The molecule has 0 spiro atoms. The van der Waals surface area contributed by atoms with E-state index in [1.807, 2.05) is 4.90 Å². The number of carbonyl (C=O) groups excluding carboxylic acids is 1. The zero-order valence-corrected chi connectivity index (χ0v) is 7.73. The Kier molecular flexibility index (Phi) is 4.14. The number of ether oxygens (including phenoxy) is 2. The molecule has 1 atom stereocenters. The van der Waals surface area contributed by atoms with Crippen LogP contribution < -0.4 is 0 Å². The normalized spacial score (nSPS) is 21.1. The summed E-state index contributed by atoms with van der Waals surface area (Å²) in [5.74, 6) is -0.385. The maximum atomic E-state index is 11.2. The van der Waals surface area contributed by atoms with Crippen LogP contribution in [0.1, 0.15) is 0 Å². The molecule has 1 N–H and O–H groups in total. The predicted molar refractivity (Wildman–Crippen MR) is 45.3 cm³/mol. The Balaban J connectivity index is 2.48. The molecule has 0 aromatic rings. The van der Waals surface area contributed by atoms with Gasteiger partial charge in [-0.25, -0.2) is 0 Å². The molecule has 1 aliphatic heterocycles. The lowest BCUT2D eigenvalue weighted by Gasteiger charge is -2.31. The molecule has 1 saturated heterocycles. The highest BCUT2D eigenvalue weighted by molar-refractivity contribution is 5.75. The Labute approximate surface area is 77.2 Å². The summed E-state index contributed by atoms with van der Waals surface area (Å²) in [6, 6.07) is -0.533. The smallest absolute Gasteiger partial charge is 0.325 e. The number of nitrogens with zero attached hydrogens (tertiary/aromatic N) is 1. The first kappa shape index (κ1) is 10.4. The molecule has 5 nitrogen and oxygen atoms in total. The molecule has 5 heteroatoms. The third-order valence-corrected chi connectivity index (χ3v) is 2.13. The zero-order valence-electron chi connectivity index (χ0n) is 7.73. The molecule has 0 bridgehead atoms. The second kappa shape index (κ2) is 5.16. The van der Waals surface area contributed by atoms with Crippen LogP contribution in [0, 0.1) is 0 Å². The van der Waals surface area contributed by atoms with Crippen molar-refractivity contribution >= 4 is 5.97 Å². The van der Waals surface area contributed by atoms with Gasteiger partial charge < -0.3 is 14.6 Å². The Morgan fingerprint density at radius 2 is 2.23 bits per heavy atom. The molecule has 0 radical (unpaired) electrons. The minimum atomic E-state index is -0.533. The van der Waals surface area contributed by atoms with Crippen molar-refractivity contribution in [3.63, 3.8) is 0 Å². The fraction of sp³-hybridized carbons (Fsp3) is 0.875. The summed E-state index contributed by atoms with van der Waals surface area (Å²) in [5.41, 5.74) is 0. The lowest BCUT2D eigenvalue weighted by Crippen LogP contribution is -2.49. The fourth-order valence-electron chi connectivity index (χ4n) is 1.36.